The summed E-state index contributed by atoms with van der Waals surface area (Å²) in [6.07, 6.45) is 0.527. The van der Waals surface area contributed by atoms with Crippen LogP contribution in [0.3, 0.4) is 0 Å². The summed E-state index contributed by atoms with van der Waals surface area (Å²) in [5.74, 6) is -1.10. The molecule has 0 spiro atoms. The minimum Gasteiger partial charge on any atom is -0.481 e. The van der Waals surface area contributed by atoms with E-state index in [1.54, 1.807) is 12.4 Å². The first-order valence-corrected chi connectivity index (χ1v) is 4.24. The molecule has 0 aliphatic carbocycles. The summed E-state index contributed by atoms with van der Waals surface area (Å²) < 4.78 is 0. The zero-order chi connectivity index (χ0) is 8.27. The van der Waals surface area contributed by atoms with Crippen LogP contribution in [0.15, 0.2) is 10.9 Å². The lowest BCUT2D eigenvalue weighted by Gasteiger charge is -2.01. The van der Waals surface area contributed by atoms with E-state index in [0.29, 0.717) is 6.42 Å². The molecule has 1 atom stereocenters. The smallest absolute Gasteiger partial charge is 0.306 e. The molecule has 1 N–H and O–H groups in total. The van der Waals surface area contributed by atoms with Gasteiger partial charge in [-0.1, -0.05) is 6.92 Å². The third-order valence-corrected chi connectivity index (χ3v) is 2.06. The molecule has 0 unspecified atom stereocenters. The number of aliphatic carboxylic acids is 1. The number of carbonyl (C=O) groups is 1. The lowest BCUT2D eigenvalue weighted by Crippen LogP contribution is -2.12. The van der Waals surface area contributed by atoms with Crippen molar-refractivity contribution in [2.75, 3.05) is 0 Å². The Bertz CT molecular complexity index is 233. The Balaban J connectivity index is 2.50. The molecule has 0 radical (unpaired) electrons. The highest BCUT2D eigenvalue weighted by Crippen LogP contribution is 2.08. The Morgan fingerprint density at radius 1 is 1.91 bits per heavy atom. The molecule has 0 bridgehead atoms. The van der Waals surface area contributed by atoms with Gasteiger partial charge in [0.1, 0.15) is 0 Å². The largest absolute Gasteiger partial charge is 0.481 e. The normalized spacial score (nSPS) is 12.8. The Morgan fingerprint density at radius 3 is 3.09 bits per heavy atom. The van der Waals surface area contributed by atoms with Gasteiger partial charge in [-0.25, -0.2) is 4.98 Å². The molecule has 0 saturated carbocycles. The second kappa shape index (κ2) is 3.48. The minimum atomic E-state index is -0.766. The highest BCUT2D eigenvalue weighted by molar-refractivity contribution is 7.07. The maximum atomic E-state index is 10.4. The molecule has 0 aromatic carbocycles. The summed E-state index contributed by atoms with van der Waals surface area (Å²) in [6, 6.07) is 0. The van der Waals surface area contributed by atoms with Gasteiger partial charge >= 0.3 is 5.97 Å². The van der Waals surface area contributed by atoms with E-state index in [-0.39, 0.29) is 5.92 Å². The van der Waals surface area contributed by atoms with Crippen molar-refractivity contribution in [3.05, 3.63) is 16.6 Å². The SMILES string of the molecule is C[C@H](Cc1cscn1)C(=O)O. The number of hydrogen-bond acceptors (Lipinski definition) is 3. The molecule has 0 saturated heterocycles. The van der Waals surface area contributed by atoms with Gasteiger partial charge in [0.05, 0.1) is 17.1 Å². The van der Waals surface area contributed by atoms with Crippen molar-refractivity contribution in [1.82, 2.24) is 4.98 Å². The van der Waals surface area contributed by atoms with Gasteiger partial charge in [-0.15, -0.1) is 11.3 Å². The molecule has 0 fully saturated rings. The number of carboxylic acid groups (broad SMARTS) is 1. The predicted octanol–water partition coefficient (Wildman–Crippen LogP) is 1.41. The number of nitrogens with zero attached hydrogens (tertiary/aromatic N) is 1. The third-order valence-electron chi connectivity index (χ3n) is 1.42. The molecule has 1 rings (SSSR count). The maximum Gasteiger partial charge on any atom is 0.306 e. The van der Waals surface area contributed by atoms with E-state index in [1.165, 1.54) is 11.3 Å². The molecule has 0 amide bonds. The van der Waals surface area contributed by atoms with Gasteiger partial charge in [0.15, 0.2) is 0 Å². The zero-order valence-electron chi connectivity index (χ0n) is 6.15. The van der Waals surface area contributed by atoms with Gasteiger partial charge in [-0.05, 0) is 0 Å². The van der Waals surface area contributed by atoms with E-state index >= 15 is 0 Å². The van der Waals surface area contributed by atoms with Crippen molar-refractivity contribution in [3.63, 3.8) is 0 Å². The van der Waals surface area contributed by atoms with Gasteiger partial charge in [-0.2, -0.15) is 0 Å². The second-order valence-electron chi connectivity index (χ2n) is 2.42. The summed E-state index contributed by atoms with van der Waals surface area (Å²) in [5.41, 5.74) is 2.58. The molecule has 4 heteroatoms. The molecule has 3 nitrogen and oxygen atoms in total. The standard InChI is InChI=1S/C7H9NO2S/c1-5(7(9)10)2-6-3-11-4-8-6/h3-5H,2H2,1H3,(H,9,10)/t5-/m1/s1. The van der Waals surface area contributed by atoms with E-state index in [4.69, 9.17) is 5.11 Å². The van der Waals surface area contributed by atoms with Gasteiger partial charge in [0, 0.05) is 11.8 Å². The number of carboxylic acids is 1. The summed E-state index contributed by atoms with van der Waals surface area (Å²) in [4.78, 5) is 14.4. The molecular weight excluding hydrogens is 162 g/mol. The first-order chi connectivity index (χ1) is 5.20. The fourth-order valence-electron chi connectivity index (χ4n) is 0.739. The quantitative estimate of drug-likeness (QED) is 0.748. The maximum absolute atomic E-state index is 10.4. The van der Waals surface area contributed by atoms with Crippen molar-refractivity contribution >= 4 is 17.3 Å². The summed E-state index contributed by atoms with van der Waals surface area (Å²) in [5, 5.41) is 10.4. The van der Waals surface area contributed by atoms with Gasteiger partial charge in [-0.3, -0.25) is 4.79 Å². The lowest BCUT2D eigenvalue weighted by atomic mass is 10.1. The number of thiazole rings is 1. The van der Waals surface area contributed by atoms with E-state index < -0.39 is 5.97 Å². The molecule has 0 aliphatic rings. The van der Waals surface area contributed by atoms with Crippen molar-refractivity contribution < 1.29 is 9.90 Å². The van der Waals surface area contributed by atoms with E-state index in [0.717, 1.165) is 5.69 Å². The van der Waals surface area contributed by atoms with Crippen LogP contribution in [0.5, 0.6) is 0 Å². The van der Waals surface area contributed by atoms with E-state index in [2.05, 4.69) is 4.98 Å². The molecule has 1 heterocycles. The first-order valence-electron chi connectivity index (χ1n) is 3.30. The van der Waals surface area contributed by atoms with Crippen molar-refractivity contribution in [3.8, 4) is 0 Å². The zero-order valence-corrected chi connectivity index (χ0v) is 6.97. The third kappa shape index (κ3) is 2.31. The van der Waals surface area contributed by atoms with Crippen LogP contribution in [0, 0.1) is 5.92 Å². The van der Waals surface area contributed by atoms with Gasteiger partial charge in [0.25, 0.3) is 0 Å². The van der Waals surface area contributed by atoms with Crippen LogP contribution < -0.4 is 0 Å². The average molecular weight is 171 g/mol. The molecule has 60 valence electrons. The van der Waals surface area contributed by atoms with Crippen LogP contribution in [0.4, 0.5) is 0 Å². The highest BCUT2D eigenvalue weighted by atomic mass is 32.1. The molecule has 1 aromatic rings. The fraction of sp³-hybridized carbons (Fsp3) is 0.429. The van der Waals surface area contributed by atoms with Gasteiger partial charge < -0.3 is 5.11 Å². The van der Waals surface area contributed by atoms with Crippen LogP contribution in [0.2, 0.25) is 0 Å². The van der Waals surface area contributed by atoms with E-state index in [1.807, 2.05) is 5.38 Å². The molecule has 11 heavy (non-hydrogen) atoms. The van der Waals surface area contributed by atoms with Crippen LogP contribution in [0.1, 0.15) is 12.6 Å². The fourth-order valence-corrected chi connectivity index (χ4v) is 1.31. The monoisotopic (exact) mass is 171 g/mol. The van der Waals surface area contributed by atoms with Crippen LogP contribution in [0.25, 0.3) is 0 Å². The number of hydrogen-bond donors (Lipinski definition) is 1. The summed E-state index contributed by atoms with van der Waals surface area (Å²) in [6.45, 7) is 1.68. The Labute approximate surface area is 68.7 Å². The Kier molecular flexibility index (Phi) is 2.59. The number of aromatic nitrogens is 1. The second-order valence-corrected chi connectivity index (χ2v) is 3.14. The molecular formula is C7H9NO2S. The topological polar surface area (TPSA) is 50.2 Å². The van der Waals surface area contributed by atoms with E-state index in [9.17, 15) is 4.79 Å². The van der Waals surface area contributed by atoms with Crippen molar-refractivity contribution in [2.24, 2.45) is 5.92 Å². The van der Waals surface area contributed by atoms with Crippen LogP contribution in [-0.4, -0.2) is 16.1 Å². The Hall–Kier alpha value is -0.900. The highest BCUT2D eigenvalue weighted by Gasteiger charge is 2.11. The lowest BCUT2D eigenvalue weighted by molar-refractivity contribution is -0.141. The Morgan fingerprint density at radius 2 is 2.64 bits per heavy atom. The van der Waals surface area contributed by atoms with Crippen LogP contribution >= 0.6 is 11.3 Å². The number of rotatable bonds is 3. The molecule has 0 aliphatic heterocycles. The van der Waals surface area contributed by atoms with Crippen LogP contribution in [-0.2, 0) is 11.2 Å². The average Bonchev–Trinajstić information content (AvgIpc) is 2.39. The summed E-state index contributed by atoms with van der Waals surface area (Å²) >= 11 is 1.49. The first kappa shape index (κ1) is 8.20. The summed E-state index contributed by atoms with van der Waals surface area (Å²) in [7, 11) is 0. The van der Waals surface area contributed by atoms with Crippen molar-refractivity contribution in [1.29, 1.82) is 0 Å². The van der Waals surface area contributed by atoms with Crippen molar-refractivity contribution in [2.45, 2.75) is 13.3 Å². The molecule has 1 aromatic heterocycles. The minimum absolute atomic E-state index is 0.336. The predicted molar refractivity (Wildman–Crippen MR) is 42.6 cm³/mol. The van der Waals surface area contributed by atoms with Gasteiger partial charge in [0.2, 0.25) is 0 Å².